The van der Waals surface area contributed by atoms with Gasteiger partial charge >= 0.3 is 5.97 Å². The van der Waals surface area contributed by atoms with E-state index in [0.717, 1.165) is 44.9 Å². The molecule has 0 aliphatic heterocycles. The highest BCUT2D eigenvalue weighted by Gasteiger charge is 2.20. The van der Waals surface area contributed by atoms with Crippen molar-refractivity contribution in [3.05, 3.63) is 24.3 Å². The number of aliphatic hydroxyl groups excluding tert-OH is 2. The smallest absolute Gasteiger partial charge is 0.305 e. The topological polar surface area (TPSA) is 95.9 Å². The summed E-state index contributed by atoms with van der Waals surface area (Å²) in [6.45, 7) is 4.99. The van der Waals surface area contributed by atoms with E-state index in [1.165, 1.54) is 353 Å². The first-order valence-electron chi connectivity index (χ1n) is 38.1. The Kier molecular flexibility index (Phi) is 71.4. The molecule has 1 amide bonds. The molecular weight excluding hydrogens is 1020 g/mol. The van der Waals surface area contributed by atoms with E-state index in [9.17, 15) is 19.8 Å². The summed E-state index contributed by atoms with van der Waals surface area (Å²) in [5.41, 5.74) is 0. The van der Waals surface area contributed by atoms with Gasteiger partial charge in [-0.25, -0.2) is 0 Å². The molecule has 83 heavy (non-hydrogen) atoms. The lowest BCUT2D eigenvalue weighted by molar-refractivity contribution is -0.143. The second-order valence-corrected chi connectivity index (χ2v) is 26.3. The number of esters is 1. The predicted molar refractivity (Wildman–Crippen MR) is 366 cm³/mol. The highest BCUT2D eigenvalue weighted by Crippen LogP contribution is 2.20. The van der Waals surface area contributed by atoms with Crippen molar-refractivity contribution in [3.8, 4) is 0 Å². The maximum Gasteiger partial charge on any atom is 0.305 e. The summed E-state index contributed by atoms with van der Waals surface area (Å²) in [5, 5.41) is 23.3. The number of allylic oxidation sites excluding steroid dienone is 4. The average molecular weight is 1170 g/mol. The van der Waals surface area contributed by atoms with Crippen molar-refractivity contribution in [1.82, 2.24) is 5.32 Å². The molecule has 0 spiro atoms. The maximum absolute atomic E-state index is 12.5. The molecule has 6 nitrogen and oxygen atoms in total. The molecule has 0 aromatic heterocycles. The Labute approximate surface area is 520 Å². The standard InChI is InChI=1S/C77H149NO5/c1-3-5-7-9-11-13-15-17-46-49-53-57-61-65-69-75(80)74(73-79)78-76(81)70-66-62-58-54-50-47-43-41-39-37-35-33-31-29-27-25-23-21-19-18-20-22-24-26-28-30-32-34-36-38-40-42-44-48-52-56-60-64-68-72-83-77(82)71-67-63-59-55-51-45-16-14-12-10-8-6-4-2/h18-19,22,24,74-75,79-80H,3-17,20-21,23,25-73H2,1-2H3,(H,78,81)/b19-18-,24-22-. The number of carbonyl (C=O) groups is 2. The van der Waals surface area contributed by atoms with Gasteiger partial charge in [0.15, 0.2) is 0 Å². The molecule has 0 aromatic carbocycles. The maximum atomic E-state index is 12.5. The van der Waals surface area contributed by atoms with Crippen LogP contribution >= 0.6 is 0 Å². The number of ether oxygens (including phenoxy) is 1. The first-order valence-corrected chi connectivity index (χ1v) is 38.1. The van der Waals surface area contributed by atoms with E-state index in [1.54, 1.807) is 0 Å². The van der Waals surface area contributed by atoms with Crippen LogP contribution in [0.3, 0.4) is 0 Å². The highest BCUT2D eigenvalue weighted by atomic mass is 16.5. The van der Waals surface area contributed by atoms with Crippen molar-refractivity contribution in [2.45, 2.75) is 443 Å². The molecule has 6 heteroatoms. The average Bonchev–Trinajstić information content (AvgIpc) is 3.49. The number of unbranched alkanes of at least 4 members (excludes halogenated alkanes) is 57. The number of rotatable bonds is 72. The van der Waals surface area contributed by atoms with Crippen LogP contribution in [0.25, 0.3) is 0 Å². The van der Waals surface area contributed by atoms with Crippen molar-refractivity contribution in [1.29, 1.82) is 0 Å². The highest BCUT2D eigenvalue weighted by molar-refractivity contribution is 5.76. The van der Waals surface area contributed by atoms with Gasteiger partial charge in [-0.2, -0.15) is 0 Å². The minimum atomic E-state index is -0.661. The number of carbonyl (C=O) groups excluding carboxylic acids is 2. The fourth-order valence-corrected chi connectivity index (χ4v) is 12.2. The molecule has 0 saturated carbocycles. The lowest BCUT2D eigenvalue weighted by Crippen LogP contribution is -2.45. The minimum Gasteiger partial charge on any atom is -0.466 e. The Morgan fingerprint density at radius 1 is 0.337 bits per heavy atom. The SMILES string of the molecule is CCCCCCCCCCCCCCCCC(O)C(CO)NC(=O)CCCCCCCCCCCCCCCCCCC/C=C\C/C=C\CCCCCCCCCCCCCCCCCOC(=O)CCCCCCCCCCCCCCC. The van der Waals surface area contributed by atoms with Gasteiger partial charge in [0.2, 0.25) is 5.91 Å². The molecule has 0 aromatic rings. The van der Waals surface area contributed by atoms with E-state index < -0.39 is 12.1 Å². The second-order valence-electron chi connectivity index (χ2n) is 26.3. The van der Waals surface area contributed by atoms with Gasteiger partial charge in [-0.1, -0.05) is 385 Å². The number of nitrogens with one attached hydrogen (secondary N) is 1. The quantitative estimate of drug-likeness (QED) is 0.0320. The van der Waals surface area contributed by atoms with E-state index in [4.69, 9.17) is 4.74 Å². The summed E-state index contributed by atoms with van der Waals surface area (Å²) in [6, 6.07) is -0.538. The van der Waals surface area contributed by atoms with Crippen LogP contribution in [0.5, 0.6) is 0 Å². The Balaban J connectivity index is 3.33. The van der Waals surface area contributed by atoms with Crippen molar-refractivity contribution >= 4 is 11.9 Å². The Morgan fingerprint density at radius 2 is 0.602 bits per heavy atom. The Bertz CT molecular complexity index is 1300. The summed E-state index contributed by atoms with van der Waals surface area (Å²) >= 11 is 0. The minimum absolute atomic E-state index is 0.0226. The third kappa shape index (κ3) is 69.3. The van der Waals surface area contributed by atoms with Crippen molar-refractivity contribution in [2.24, 2.45) is 0 Å². The molecule has 2 atom stereocenters. The van der Waals surface area contributed by atoms with Crippen molar-refractivity contribution in [2.75, 3.05) is 13.2 Å². The normalized spacial score (nSPS) is 12.6. The van der Waals surface area contributed by atoms with Crippen LogP contribution in [0.2, 0.25) is 0 Å². The van der Waals surface area contributed by atoms with Crippen LogP contribution in [-0.4, -0.2) is 47.4 Å². The van der Waals surface area contributed by atoms with E-state index in [2.05, 4.69) is 43.5 Å². The molecule has 0 rings (SSSR count). The molecule has 0 saturated heterocycles. The van der Waals surface area contributed by atoms with Crippen LogP contribution in [-0.2, 0) is 14.3 Å². The zero-order valence-electron chi connectivity index (χ0n) is 56.5. The van der Waals surface area contributed by atoms with E-state index >= 15 is 0 Å². The molecule has 492 valence electrons. The van der Waals surface area contributed by atoms with E-state index in [-0.39, 0.29) is 18.5 Å². The number of amides is 1. The van der Waals surface area contributed by atoms with Gasteiger partial charge in [-0.05, 0) is 57.8 Å². The van der Waals surface area contributed by atoms with Gasteiger partial charge in [0.25, 0.3) is 0 Å². The Hall–Kier alpha value is -1.66. The molecule has 3 N–H and O–H groups in total. The fraction of sp³-hybridized carbons (Fsp3) is 0.922. The Morgan fingerprint density at radius 3 is 0.916 bits per heavy atom. The lowest BCUT2D eigenvalue weighted by Gasteiger charge is -2.22. The zero-order chi connectivity index (χ0) is 59.9. The molecular formula is C77H149NO5. The predicted octanol–water partition coefficient (Wildman–Crippen LogP) is 24.9. The molecule has 0 fully saturated rings. The van der Waals surface area contributed by atoms with Crippen LogP contribution < -0.4 is 5.32 Å². The molecule has 2 unspecified atom stereocenters. The van der Waals surface area contributed by atoms with Gasteiger partial charge in [0.1, 0.15) is 0 Å². The zero-order valence-corrected chi connectivity index (χ0v) is 56.5. The first kappa shape index (κ1) is 81.3. The van der Waals surface area contributed by atoms with Crippen LogP contribution in [0.1, 0.15) is 431 Å². The lowest BCUT2D eigenvalue weighted by atomic mass is 10.0. The van der Waals surface area contributed by atoms with Crippen LogP contribution in [0.4, 0.5) is 0 Å². The summed E-state index contributed by atoms with van der Waals surface area (Å²) in [7, 11) is 0. The second kappa shape index (κ2) is 72.8. The van der Waals surface area contributed by atoms with Crippen molar-refractivity contribution in [3.63, 3.8) is 0 Å². The van der Waals surface area contributed by atoms with Gasteiger partial charge in [0, 0.05) is 12.8 Å². The largest absolute Gasteiger partial charge is 0.466 e. The number of hydrogen-bond acceptors (Lipinski definition) is 5. The van der Waals surface area contributed by atoms with Gasteiger partial charge in [0.05, 0.1) is 25.4 Å². The third-order valence-corrected chi connectivity index (χ3v) is 18.0. The molecule has 0 aliphatic rings. The van der Waals surface area contributed by atoms with Gasteiger partial charge in [-0.15, -0.1) is 0 Å². The summed E-state index contributed by atoms with van der Waals surface area (Å²) in [5.74, 6) is -0.00640. The fourth-order valence-electron chi connectivity index (χ4n) is 12.2. The molecule has 0 heterocycles. The van der Waals surface area contributed by atoms with Crippen LogP contribution in [0, 0.1) is 0 Å². The molecule has 0 radical (unpaired) electrons. The number of hydrogen-bond donors (Lipinski definition) is 3. The van der Waals surface area contributed by atoms with E-state index in [0.29, 0.717) is 25.9 Å². The van der Waals surface area contributed by atoms with Crippen LogP contribution in [0.15, 0.2) is 24.3 Å². The first-order chi connectivity index (χ1) is 41.0. The van der Waals surface area contributed by atoms with Gasteiger partial charge in [-0.3, -0.25) is 9.59 Å². The van der Waals surface area contributed by atoms with E-state index in [1.807, 2.05) is 0 Å². The molecule has 0 aliphatic carbocycles. The molecule has 0 bridgehead atoms. The van der Waals surface area contributed by atoms with Crippen molar-refractivity contribution < 1.29 is 24.5 Å². The summed E-state index contributed by atoms with van der Waals surface area (Å²) < 4.78 is 5.49. The van der Waals surface area contributed by atoms with Gasteiger partial charge < -0.3 is 20.3 Å². The summed E-state index contributed by atoms with van der Waals surface area (Å²) in [6.07, 6.45) is 92.7. The summed E-state index contributed by atoms with van der Waals surface area (Å²) in [4.78, 5) is 24.6. The third-order valence-electron chi connectivity index (χ3n) is 18.0. The monoisotopic (exact) mass is 1170 g/mol. The number of aliphatic hydroxyl groups is 2.